The lowest BCUT2D eigenvalue weighted by Crippen LogP contribution is -2.32. The minimum absolute atomic E-state index is 0.193. The normalized spacial score (nSPS) is 22.8. The fourth-order valence-electron chi connectivity index (χ4n) is 2.87. The predicted octanol–water partition coefficient (Wildman–Crippen LogP) is 2.21. The lowest BCUT2D eigenvalue weighted by molar-refractivity contribution is 0.114. The van der Waals surface area contributed by atoms with E-state index in [-0.39, 0.29) is 12.6 Å². The van der Waals surface area contributed by atoms with Gasteiger partial charge in [-0.3, -0.25) is 0 Å². The van der Waals surface area contributed by atoms with Crippen molar-refractivity contribution in [1.82, 2.24) is 14.4 Å². The third-order valence-corrected chi connectivity index (χ3v) is 7.06. The van der Waals surface area contributed by atoms with Crippen LogP contribution in [0.3, 0.4) is 0 Å². The van der Waals surface area contributed by atoms with Gasteiger partial charge < -0.3 is 9.26 Å². The van der Waals surface area contributed by atoms with Crippen molar-refractivity contribution in [2.45, 2.75) is 44.2 Å². The molecule has 2 aromatic heterocycles. The second kappa shape index (κ2) is 5.97. The van der Waals surface area contributed by atoms with Crippen molar-refractivity contribution in [3.05, 3.63) is 27.5 Å². The van der Waals surface area contributed by atoms with E-state index in [4.69, 9.17) is 9.26 Å². The number of methoxy groups -OCH3 is 1. The largest absolute Gasteiger partial charge is 0.380 e. The molecule has 0 bridgehead atoms. The van der Waals surface area contributed by atoms with Crippen molar-refractivity contribution in [2.24, 2.45) is 0 Å². The lowest BCUT2D eigenvalue weighted by Gasteiger charge is -2.21. The van der Waals surface area contributed by atoms with Crippen molar-refractivity contribution in [2.75, 3.05) is 13.7 Å². The second-order valence-electron chi connectivity index (χ2n) is 5.64. The molecule has 23 heavy (non-hydrogen) atoms. The Morgan fingerprint density at radius 1 is 1.39 bits per heavy atom. The number of nitrogens with zero attached hydrogens (tertiary/aromatic N) is 3. The molecule has 126 valence electrons. The maximum atomic E-state index is 13.1. The highest BCUT2D eigenvalue weighted by molar-refractivity contribution is 7.89. The van der Waals surface area contributed by atoms with Crippen LogP contribution in [0.4, 0.5) is 0 Å². The van der Waals surface area contributed by atoms with E-state index in [9.17, 15) is 8.42 Å². The third kappa shape index (κ3) is 2.93. The summed E-state index contributed by atoms with van der Waals surface area (Å²) in [7, 11) is -2.06. The molecule has 7 nitrogen and oxygen atoms in total. The zero-order chi connectivity index (χ0) is 16.8. The molecule has 2 atom stereocenters. The van der Waals surface area contributed by atoms with Crippen molar-refractivity contribution in [1.29, 1.82) is 0 Å². The van der Waals surface area contributed by atoms with Gasteiger partial charge in [0.1, 0.15) is 6.04 Å². The quantitative estimate of drug-likeness (QED) is 0.834. The van der Waals surface area contributed by atoms with Crippen molar-refractivity contribution >= 4 is 21.4 Å². The number of rotatable bonds is 4. The Morgan fingerprint density at radius 3 is 2.65 bits per heavy atom. The molecule has 0 radical (unpaired) electrons. The molecule has 0 amide bonds. The van der Waals surface area contributed by atoms with E-state index in [0.717, 1.165) is 9.75 Å². The molecule has 0 aromatic carbocycles. The van der Waals surface area contributed by atoms with Gasteiger partial charge in [0.05, 0.1) is 11.0 Å². The van der Waals surface area contributed by atoms with Crippen LogP contribution < -0.4 is 0 Å². The first-order valence-corrected chi connectivity index (χ1v) is 9.50. The summed E-state index contributed by atoms with van der Waals surface area (Å²) in [5.74, 6) is 0.802. The van der Waals surface area contributed by atoms with Gasteiger partial charge in [0.2, 0.25) is 15.9 Å². The summed E-state index contributed by atoms with van der Waals surface area (Å²) in [5.41, 5.74) is 0. The molecule has 9 heteroatoms. The van der Waals surface area contributed by atoms with E-state index in [1.54, 1.807) is 20.1 Å². The molecule has 0 unspecified atom stereocenters. The molecule has 3 heterocycles. The van der Waals surface area contributed by atoms with Crippen molar-refractivity contribution in [3.63, 3.8) is 0 Å². The highest BCUT2D eigenvalue weighted by Crippen LogP contribution is 2.39. The molecule has 1 aliphatic rings. The first-order valence-electron chi connectivity index (χ1n) is 7.24. The molecule has 1 aliphatic heterocycles. The molecule has 0 spiro atoms. The Hall–Kier alpha value is -1.29. The number of aryl methyl sites for hydroxylation is 3. The summed E-state index contributed by atoms with van der Waals surface area (Å²) in [5, 5.41) is 3.78. The molecule has 3 rings (SSSR count). The number of thiophene rings is 1. The summed E-state index contributed by atoms with van der Waals surface area (Å²) < 4.78 is 38.2. The van der Waals surface area contributed by atoms with E-state index in [0.29, 0.717) is 23.0 Å². The highest BCUT2D eigenvalue weighted by atomic mass is 32.2. The summed E-state index contributed by atoms with van der Waals surface area (Å²) in [6, 6.07) is 1.22. The van der Waals surface area contributed by atoms with Gasteiger partial charge in [-0.05, 0) is 26.8 Å². The maximum absolute atomic E-state index is 13.1. The van der Waals surface area contributed by atoms with Gasteiger partial charge >= 0.3 is 0 Å². The SMILES string of the molecule is CO[C@H]1C[C@H](c2nc(C)no2)N(S(=O)(=O)c2cc(C)sc2C)C1. The van der Waals surface area contributed by atoms with Gasteiger partial charge in [-0.15, -0.1) is 11.3 Å². The number of hydrogen-bond acceptors (Lipinski definition) is 7. The Balaban J connectivity index is 2.02. The summed E-state index contributed by atoms with van der Waals surface area (Å²) in [6.07, 6.45) is 0.307. The average Bonchev–Trinajstić information content (AvgIpc) is 3.17. The first-order chi connectivity index (χ1) is 10.8. The van der Waals surface area contributed by atoms with Crippen molar-refractivity contribution < 1.29 is 17.7 Å². The topological polar surface area (TPSA) is 85.5 Å². The Morgan fingerprint density at radius 2 is 2.13 bits per heavy atom. The summed E-state index contributed by atoms with van der Waals surface area (Å²) in [6.45, 7) is 5.71. The van der Waals surface area contributed by atoms with Crippen LogP contribution in [0.1, 0.15) is 33.9 Å². The number of aromatic nitrogens is 2. The fourth-order valence-corrected chi connectivity index (χ4v) is 6.02. The van der Waals surface area contributed by atoms with Gasteiger partial charge in [0.15, 0.2) is 5.82 Å². The fraction of sp³-hybridized carbons (Fsp3) is 0.571. The number of sulfonamides is 1. The van der Waals surface area contributed by atoms with Crippen LogP contribution in [-0.4, -0.2) is 42.6 Å². The van der Waals surface area contributed by atoms with Gasteiger partial charge in [0, 0.05) is 29.8 Å². The van der Waals surface area contributed by atoms with Gasteiger partial charge in [-0.2, -0.15) is 9.29 Å². The Labute approximate surface area is 139 Å². The minimum atomic E-state index is -3.64. The van der Waals surface area contributed by atoms with Crippen LogP contribution in [0.25, 0.3) is 0 Å². The van der Waals surface area contributed by atoms with Crippen LogP contribution in [-0.2, 0) is 14.8 Å². The van der Waals surface area contributed by atoms with Crippen LogP contribution in [0.2, 0.25) is 0 Å². The van der Waals surface area contributed by atoms with Crippen molar-refractivity contribution in [3.8, 4) is 0 Å². The van der Waals surface area contributed by atoms with Crippen LogP contribution in [0.15, 0.2) is 15.5 Å². The minimum Gasteiger partial charge on any atom is -0.380 e. The number of hydrogen-bond donors (Lipinski definition) is 0. The van der Waals surface area contributed by atoms with Crippen LogP contribution in [0.5, 0.6) is 0 Å². The van der Waals surface area contributed by atoms with Crippen LogP contribution >= 0.6 is 11.3 Å². The standard InChI is InChI=1S/C14H19N3O4S2/c1-8-5-13(9(2)22-8)23(18,19)17-7-11(20-4)6-12(17)14-15-10(3)16-21-14/h5,11-12H,6-7H2,1-4H3/t11-,12+/m0/s1. The molecule has 0 saturated carbocycles. The van der Waals surface area contributed by atoms with Gasteiger partial charge in [-0.1, -0.05) is 5.16 Å². The summed E-state index contributed by atoms with van der Waals surface area (Å²) >= 11 is 1.47. The molecule has 0 aliphatic carbocycles. The van der Waals surface area contributed by atoms with Gasteiger partial charge in [-0.25, -0.2) is 8.42 Å². The molecular weight excluding hydrogens is 338 g/mol. The van der Waals surface area contributed by atoms with E-state index in [2.05, 4.69) is 10.1 Å². The predicted molar refractivity (Wildman–Crippen MR) is 84.9 cm³/mol. The maximum Gasteiger partial charge on any atom is 0.245 e. The van der Waals surface area contributed by atoms with E-state index >= 15 is 0 Å². The second-order valence-corrected chi connectivity index (χ2v) is 8.96. The summed E-state index contributed by atoms with van der Waals surface area (Å²) in [4.78, 5) is 6.30. The molecule has 2 aromatic rings. The van der Waals surface area contributed by atoms with Gasteiger partial charge in [0.25, 0.3) is 0 Å². The smallest absolute Gasteiger partial charge is 0.245 e. The number of ether oxygens (including phenoxy) is 1. The average molecular weight is 357 g/mol. The Kier molecular flexibility index (Phi) is 4.30. The van der Waals surface area contributed by atoms with E-state index in [1.807, 2.05) is 13.8 Å². The molecular formula is C14H19N3O4S2. The lowest BCUT2D eigenvalue weighted by atomic mass is 10.2. The van der Waals surface area contributed by atoms with E-state index in [1.165, 1.54) is 15.6 Å². The zero-order valence-electron chi connectivity index (χ0n) is 13.4. The van der Waals surface area contributed by atoms with Crippen LogP contribution in [0, 0.1) is 20.8 Å². The first kappa shape index (κ1) is 16.6. The van der Waals surface area contributed by atoms with E-state index < -0.39 is 16.1 Å². The highest BCUT2D eigenvalue weighted by Gasteiger charge is 2.44. The molecule has 1 fully saturated rings. The molecule has 0 N–H and O–H groups in total. The zero-order valence-corrected chi connectivity index (χ0v) is 15.1. The monoisotopic (exact) mass is 357 g/mol. The Bertz CT molecular complexity index is 812. The molecule has 1 saturated heterocycles. The third-order valence-electron chi connectivity index (χ3n) is 3.96.